The highest BCUT2D eigenvalue weighted by Gasteiger charge is 2.07. The van der Waals surface area contributed by atoms with E-state index in [0.29, 0.717) is 12.3 Å². The SMILES string of the molecule is CCc1cc(COc2c(C)cccc2N)n(C)n1. The fourth-order valence-electron chi connectivity index (χ4n) is 1.90. The van der Waals surface area contributed by atoms with Crippen molar-refractivity contribution in [2.75, 3.05) is 5.73 Å². The summed E-state index contributed by atoms with van der Waals surface area (Å²) in [4.78, 5) is 0. The van der Waals surface area contributed by atoms with Crippen molar-refractivity contribution in [1.82, 2.24) is 9.78 Å². The summed E-state index contributed by atoms with van der Waals surface area (Å²) in [5, 5.41) is 4.39. The Morgan fingerprint density at radius 3 is 2.78 bits per heavy atom. The maximum Gasteiger partial charge on any atom is 0.145 e. The molecule has 0 saturated carbocycles. The van der Waals surface area contributed by atoms with Crippen molar-refractivity contribution in [3.05, 3.63) is 41.2 Å². The Morgan fingerprint density at radius 1 is 1.39 bits per heavy atom. The molecule has 0 amide bonds. The Labute approximate surface area is 107 Å². The van der Waals surface area contributed by atoms with Crippen LogP contribution in [0.3, 0.4) is 0 Å². The van der Waals surface area contributed by atoms with Crippen LogP contribution in [0, 0.1) is 6.92 Å². The predicted octanol–water partition coefficient (Wildman–Crippen LogP) is 2.45. The molecular weight excluding hydrogens is 226 g/mol. The van der Waals surface area contributed by atoms with Gasteiger partial charge >= 0.3 is 0 Å². The molecule has 1 aromatic carbocycles. The number of benzene rings is 1. The highest BCUT2D eigenvalue weighted by Crippen LogP contribution is 2.26. The van der Waals surface area contributed by atoms with E-state index in [0.717, 1.165) is 29.1 Å². The van der Waals surface area contributed by atoms with E-state index in [1.165, 1.54) is 0 Å². The van der Waals surface area contributed by atoms with Gasteiger partial charge in [-0.3, -0.25) is 4.68 Å². The van der Waals surface area contributed by atoms with Crippen LogP contribution in [0.5, 0.6) is 5.75 Å². The highest BCUT2D eigenvalue weighted by molar-refractivity contribution is 5.56. The molecule has 0 spiro atoms. The van der Waals surface area contributed by atoms with Crippen molar-refractivity contribution in [3.63, 3.8) is 0 Å². The molecule has 1 aromatic heterocycles. The molecule has 18 heavy (non-hydrogen) atoms. The summed E-state index contributed by atoms with van der Waals surface area (Å²) < 4.78 is 7.66. The number of aromatic nitrogens is 2. The number of nitrogens with two attached hydrogens (primary N) is 1. The Bertz CT molecular complexity index is 526. The topological polar surface area (TPSA) is 53.1 Å². The second kappa shape index (κ2) is 5.12. The third-order valence-corrected chi connectivity index (χ3v) is 3.00. The molecule has 0 bridgehead atoms. The Balaban J connectivity index is 2.14. The average Bonchev–Trinajstić information content (AvgIpc) is 2.70. The van der Waals surface area contributed by atoms with Crippen molar-refractivity contribution in [2.45, 2.75) is 26.9 Å². The van der Waals surface area contributed by atoms with Gasteiger partial charge < -0.3 is 10.5 Å². The third kappa shape index (κ3) is 2.47. The van der Waals surface area contributed by atoms with Gasteiger partial charge in [0.25, 0.3) is 0 Å². The van der Waals surface area contributed by atoms with Crippen LogP contribution in [0.15, 0.2) is 24.3 Å². The number of hydrogen-bond acceptors (Lipinski definition) is 3. The molecule has 4 nitrogen and oxygen atoms in total. The zero-order chi connectivity index (χ0) is 13.1. The lowest BCUT2D eigenvalue weighted by Gasteiger charge is -2.11. The van der Waals surface area contributed by atoms with Crippen LogP contribution in [0.25, 0.3) is 0 Å². The van der Waals surface area contributed by atoms with Crippen LogP contribution in [0.2, 0.25) is 0 Å². The number of hydrogen-bond donors (Lipinski definition) is 1. The van der Waals surface area contributed by atoms with Crippen LogP contribution in [-0.4, -0.2) is 9.78 Å². The minimum atomic E-state index is 0.485. The zero-order valence-corrected chi connectivity index (χ0v) is 11.1. The van der Waals surface area contributed by atoms with Gasteiger partial charge in [-0.15, -0.1) is 0 Å². The molecule has 2 N–H and O–H groups in total. The predicted molar refractivity (Wildman–Crippen MR) is 72.5 cm³/mol. The van der Waals surface area contributed by atoms with Gasteiger partial charge in [0, 0.05) is 7.05 Å². The minimum Gasteiger partial charge on any atom is -0.485 e. The molecule has 0 atom stereocenters. The Hall–Kier alpha value is -1.97. The number of ether oxygens (including phenoxy) is 1. The highest BCUT2D eigenvalue weighted by atomic mass is 16.5. The van der Waals surface area contributed by atoms with Gasteiger partial charge in [-0.1, -0.05) is 19.1 Å². The normalized spacial score (nSPS) is 10.6. The number of aryl methyl sites for hydroxylation is 3. The largest absolute Gasteiger partial charge is 0.485 e. The molecule has 2 aromatic rings. The molecule has 0 aliphatic rings. The van der Waals surface area contributed by atoms with Crippen molar-refractivity contribution >= 4 is 5.69 Å². The standard InChI is InChI=1S/C14H19N3O/c1-4-11-8-12(17(3)16-11)9-18-14-10(2)6-5-7-13(14)15/h5-8H,4,9,15H2,1-3H3. The van der Waals surface area contributed by atoms with Crippen LogP contribution in [-0.2, 0) is 20.1 Å². The van der Waals surface area contributed by atoms with E-state index in [4.69, 9.17) is 10.5 Å². The molecule has 0 aliphatic carbocycles. The summed E-state index contributed by atoms with van der Waals surface area (Å²) >= 11 is 0. The van der Waals surface area contributed by atoms with E-state index < -0.39 is 0 Å². The summed E-state index contributed by atoms with van der Waals surface area (Å²) in [6.45, 7) is 4.57. The monoisotopic (exact) mass is 245 g/mol. The maximum absolute atomic E-state index is 5.91. The minimum absolute atomic E-state index is 0.485. The quantitative estimate of drug-likeness (QED) is 0.842. The summed E-state index contributed by atoms with van der Waals surface area (Å²) in [5.41, 5.74) is 9.76. The van der Waals surface area contributed by atoms with Crippen LogP contribution in [0.4, 0.5) is 5.69 Å². The first-order chi connectivity index (χ1) is 8.61. The number of nitrogen functional groups attached to an aromatic ring is 1. The first-order valence-electron chi connectivity index (χ1n) is 6.11. The molecule has 0 radical (unpaired) electrons. The van der Waals surface area contributed by atoms with Crippen molar-refractivity contribution in [2.24, 2.45) is 7.05 Å². The number of para-hydroxylation sites is 1. The van der Waals surface area contributed by atoms with Gasteiger partial charge in [0.1, 0.15) is 12.4 Å². The van der Waals surface area contributed by atoms with Crippen molar-refractivity contribution < 1.29 is 4.74 Å². The molecule has 1 heterocycles. The van der Waals surface area contributed by atoms with E-state index in [-0.39, 0.29) is 0 Å². The number of anilines is 1. The fourth-order valence-corrected chi connectivity index (χ4v) is 1.90. The van der Waals surface area contributed by atoms with Gasteiger partial charge in [0.15, 0.2) is 0 Å². The number of nitrogens with zero attached hydrogens (tertiary/aromatic N) is 2. The molecule has 0 fully saturated rings. The maximum atomic E-state index is 5.91. The van der Waals surface area contributed by atoms with Crippen molar-refractivity contribution in [1.29, 1.82) is 0 Å². The Morgan fingerprint density at radius 2 is 2.17 bits per heavy atom. The van der Waals surface area contributed by atoms with E-state index in [1.807, 2.05) is 36.9 Å². The van der Waals surface area contributed by atoms with E-state index in [1.54, 1.807) is 0 Å². The van der Waals surface area contributed by atoms with Crippen molar-refractivity contribution in [3.8, 4) is 5.75 Å². The van der Waals surface area contributed by atoms with E-state index in [9.17, 15) is 0 Å². The van der Waals surface area contributed by atoms with Crippen LogP contribution >= 0.6 is 0 Å². The Kier molecular flexibility index (Phi) is 3.55. The van der Waals surface area contributed by atoms with E-state index in [2.05, 4.69) is 18.1 Å². The summed E-state index contributed by atoms with van der Waals surface area (Å²) in [7, 11) is 1.93. The first kappa shape index (κ1) is 12.5. The van der Waals surface area contributed by atoms with Gasteiger partial charge in [0.2, 0.25) is 0 Å². The van der Waals surface area contributed by atoms with Gasteiger partial charge in [-0.05, 0) is 31.0 Å². The van der Waals surface area contributed by atoms with Gasteiger partial charge in [-0.2, -0.15) is 5.10 Å². The molecule has 0 aliphatic heterocycles. The molecule has 0 saturated heterocycles. The molecule has 4 heteroatoms. The second-order valence-electron chi connectivity index (χ2n) is 4.39. The molecular formula is C14H19N3O. The van der Waals surface area contributed by atoms with Crippen LogP contribution < -0.4 is 10.5 Å². The lowest BCUT2D eigenvalue weighted by molar-refractivity contribution is 0.294. The second-order valence-corrected chi connectivity index (χ2v) is 4.39. The average molecular weight is 245 g/mol. The lowest BCUT2D eigenvalue weighted by atomic mass is 10.2. The lowest BCUT2D eigenvalue weighted by Crippen LogP contribution is -2.05. The molecule has 2 rings (SSSR count). The molecule has 96 valence electrons. The smallest absolute Gasteiger partial charge is 0.145 e. The zero-order valence-electron chi connectivity index (χ0n) is 11.1. The third-order valence-electron chi connectivity index (χ3n) is 3.00. The fraction of sp³-hybridized carbons (Fsp3) is 0.357. The van der Waals surface area contributed by atoms with Gasteiger partial charge in [0.05, 0.1) is 17.1 Å². The summed E-state index contributed by atoms with van der Waals surface area (Å²) in [5.74, 6) is 0.761. The first-order valence-corrected chi connectivity index (χ1v) is 6.11. The summed E-state index contributed by atoms with van der Waals surface area (Å²) in [6.07, 6.45) is 0.931. The van der Waals surface area contributed by atoms with Gasteiger partial charge in [-0.25, -0.2) is 0 Å². The molecule has 0 unspecified atom stereocenters. The summed E-state index contributed by atoms with van der Waals surface area (Å²) in [6, 6.07) is 7.83. The van der Waals surface area contributed by atoms with Crippen LogP contribution in [0.1, 0.15) is 23.9 Å². The van der Waals surface area contributed by atoms with E-state index >= 15 is 0 Å². The number of rotatable bonds is 4.